The first-order valence-corrected chi connectivity index (χ1v) is 8.63. The number of carboxylic acid groups (broad SMARTS) is 1. The topological polar surface area (TPSA) is 72.8 Å². The molecule has 1 rings (SSSR count). The van der Waals surface area contributed by atoms with Gasteiger partial charge in [0.2, 0.25) is 0 Å². The van der Waals surface area contributed by atoms with Crippen molar-refractivity contribution in [3.05, 3.63) is 29.8 Å². The van der Waals surface area contributed by atoms with Gasteiger partial charge < -0.3 is 14.2 Å². The fourth-order valence-electron chi connectivity index (χ4n) is 2.29. The molecule has 21 heavy (non-hydrogen) atoms. The summed E-state index contributed by atoms with van der Waals surface area (Å²) in [5, 5.41) is 9.82. The van der Waals surface area contributed by atoms with E-state index in [-0.39, 0.29) is 19.1 Å². The van der Waals surface area contributed by atoms with Crippen molar-refractivity contribution >= 4 is 18.9 Å². The average Bonchev–Trinajstić information content (AvgIpc) is 2.39. The molecule has 0 aliphatic rings. The van der Waals surface area contributed by atoms with Gasteiger partial charge in [0.25, 0.3) is 0 Å². The predicted molar refractivity (Wildman–Crippen MR) is 82.1 cm³/mol. The first-order valence-electron chi connectivity index (χ1n) is 7.08. The van der Waals surface area contributed by atoms with E-state index in [0.29, 0.717) is 10.9 Å². The zero-order chi connectivity index (χ0) is 16.0. The van der Waals surface area contributed by atoms with Gasteiger partial charge in [-0.05, 0) is 31.4 Å². The van der Waals surface area contributed by atoms with Crippen LogP contribution in [0.4, 0.5) is 0 Å². The molecule has 0 spiro atoms. The lowest BCUT2D eigenvalue weighted by molar-refractivity contribution is -0.139. The van der Waals surface area contributed by atoms with E-state index < -0.39 is 19.5 Å². The van der Waals surface area contributed by atoms with Gasteiger partial charge in [-0.25, -0.2) is 0 Å². The van der Waals surface area contributed by atoms with Crippen molar-refractivity contribution in [2.24, 2.45) is 5.92 Å². The quantitative estimate of drug-likeness (QED) is 0.744. The average molecular weight is 314 g/mol. The van der Waals surface area contributed by atoms with Crippen molar-refractivity contribution in [2.75, 3.05) is 13.2 Å². The molecule has 1 aromatic carbocycles. The molecule has 6 heteroatoms. The van der Waals surface area contributed by atoms with E-state index in [0.717, 1.165) is 0 Å². The Hall–Kier alpha value is -1.16. The summed E-state index contributed by atoms with van der Waals surface area (Å²) >= 11 is 0. The largest absolute Gasteiger partial charge is 0.481 e. The first-order chi connectivity index (χ1) is 9.87. The number of benzene rings is 1. The Morgan fingerprint density at radius 1 is 1.19 bits per heavy atom. The summed E-state index contributed by atoms with van der Waals surface area (Å²) in [6, 6.07) is 6.75. The molecule has 1 atom stereocenters. The van der Waals surface area contributed by atoms with Crippen LogP contribution in [0.1, 0.15) is 39.2 Å². The van der Waals surface area contributed by atoms with Crippen LogP contribution in [-0.2, 0) is 18.4 Å². The fourth-order valence-corrected chi connectivity index (χ4v) is 4.12. The fraction of sp³-hybridized carbons (Fsp3) is 0.533. The second-order valence-electron chi connectivity index (χ2n) is 4.95. The minimum Gasteiger partial charge on any atom is -0.481 e. The molecule has 1 unspecified atom stereocenters. The van der Waals surface area contributed by atoms with Gasteiger partial charge in [-0.2, -0.15) is 0 Å². The SMILES string of the molecule is CCOP(=O)(OCC)c1ccccc1C(C(=O)O)C(C)C. The molecule has 0 heterocycles. The van der Waals surface area contributed by atoms with Gasteiger partial charge in [0.05, 0.1) is 24.4 Å². The van der Waals surface area contributed by atoms with Crippen molar-refractivity contribution in [1.82, 2.24) is 0 Å². The molecule has 0 aromatic heterocycles. The number of hydrogen-bond acceptors (Lipinski definition) is 4. The van der Waals surface area contributed by atoms with Gasteiger partial charge in [0.15, 0.2) is 0 Å². The third kappa shape index (κ3) is 4.16. The predicted octanol–water partition coefficient (Wildman–Crippen LogP) is 3.40. The second kappa shape index (κ2) is 7.74. The van der Waals surface area contributed by atoms with Gasteiger partial charge in [-0.1, -0.05) is 32.0 Å². The van der Waals surface area contributed by atoms with Crippen LogP contribution < -0.4 is 5.30 Å². The monoisotopic (exact) mass is 314 g/mol. The van der Waals surface area contributed by atoms with Crippen LogP contribution in [0.25, 0.3) is 0 Å². The smallest absolute Gasteiger partial charge is 0.361 e. The van der Waals surface area contributed by atoms with Crippen molar-refractivity contribution < 1.29 is 23.5 Å². The van der Waals surface area contributed by atoms with E-state index in [9.17, 15) is 14.5 Å². The molecule has 0 amide bonds. The summed E-state index contributed by atoms with van der Waals surface area (Å²) in [6.45, 7) is 7.55. The Bertz CT molecular complexity index is 517. The number of rotatable bonds is 8. The molecule has 0 aliphatic heterocycles. The summed E-state index contributed by atoms with van der Waals surface area (Å²) in [5.74, 6) is -1.84. The lowest BCUT2D eigenvalue weighted by Gasteiger charge is -2.24. The standard InChI is InChI=1S/C15H23O5P/c1-5-19-21(18,20-6-2)13-10-8-7-9-12(13)14(11(3)4)15(16)17/h7-11,14H,5-6H2,1-4H3,(H,16,17). The van der Waals surface area contributed by atoms with Gasteiger partial charge in [0, 0.05) is 0 Å². The third-order valence-corrected chi connectivity index (χ3v) is 5.29. The Labute approximate surface area is 125 Å². The molecule has 0 fully saturated rings. The summed E-state index contributed by atoms with van der Waals surface area (Å²) in [5.41, 5.74) is 0.491. The number of carbonyl (C=O) groups is 1. The van der Waals surface area contributed by atoms with Gasteiger partial charge >= 0.3 is 13.6 Å². The van der Waals surface area contributed by atoms with E-state index in [1.165, 1.54) is 0 Å². The maximum absolute atomic E-state index is 12.9. The van der Waals surface area contributed by atoms with Crippen molar-refractivity contribution in [3.63, 3.8) is 0 Å². The van der Waals surface area contributed by atoms with Crippen LogP contribution in [0, 0.1) is 5.92 Å². The number of aliphatic carboxylic acids is 1. The minimum atomic E-state index is -3.51. The zero-order valence-electron chi connectivity index (χ0n) is 12.9. The molecule has 5 nitrogen and oxygen atoms in total. The summed E-state index contributed by atoms with van der Waals surface area (Å²) in [7, 11) is -3.51. The van der Waals surface area contributed by atoms with Crippen molar-refractivity contribution in [2.45, 2.75) is 33.6 Å². The van der Waals surface area contributed by atoms with Crippen LogP contribution in [-0.4, -0.2) is 24.3 Å². The number of hydrogen-bond donors (Lipinski definition) is 1. The highest BCUT2D eigenvalue weighted by Crippen LogP contribution is 2.49. The molecule has 1 aromatic rings. The highest BCUT2D eigenvalue weighted by Gasteiger charge is 2.35. The Balaban J connectivity index is 3.43. The van der Waals surface area contributed by atoms with E-state index in [4.69, 9.17) is 9.05 Å². The lowest BCUT2D eigenvalue weighted by atomic mass is 9.88. The maximum atomic E-state index is 12.9. The van der Waals surface area contributed by atoms with E-state index >= 15 is 0 Å². The summed E-state index contributed by atoms with van der Waals surface area (Å²) in [4.78, 5) is 11.6. The molecule has 0 saturated carbocycles. The molecular weight excluding hydrogens is 291 g/mol. The maximum Gasteiger partial charge on any atom is 0.361 e. The molecule has 0 aliphatic carbocycles. The van der Waals surface area contributed by atoms with Crippen LogP contribution in [0.5, 0.6) is 0 Å². The highest BCUT2D eigenvalue weighted by atomic mass is 31.2. The highest BCUT2D eigenvalue weighted by molar-refractivity contribution is 7.62. The van der Waals surface area contributed by atoms with Crippen LogP contribution >= 0.6 is 7.60 Å². The van der Waals surface area contributed by atoms with E-state index in [1.807, 2.05) is 13.8 Å². The zero-order valence-corrected chi connectivity index (χ0v) is 13.8. The van der Waals surface area contributed by atoms with Crippen molar-refractivity contribution in [1.29, 1.82) is 0 Å². The third-order valence-electron chi connectivity index (χ3n) is 3.10. The first kappa shape index (κ1) is 17.9. The van der Waals surface area contributed by atoms with Gasteiger partial charge in [-0.15, -0.1) is 0 Å². The van der Waals surface area contributed by atoms with Gasteiger partial charge in [0.1, 0.15) is 0 Å². The Kier molecular flexibility index (Phi) is 6.59. The molecular formula is C15H23O5P. The van der Waals surface area contributed by atoms with Gasteiger partial charge in [-0.3, -0.25) is 9.36 Å². The lowest BCUT2D eigenvalue weighted by Crippen LogP contribution is -2.25. The summed E-state index contributed by atoms with van der Waals surface area (Å²) in [6.07, 6.45) is 0. The van der Waals surface area contributed by atoms with Crippen LogP contribution in [0.2, 0.25) is 0 Å². The second-order valence-corrected chi connectivity index (χ2v) is 6.94. The van der Waals surface area contributed by atoms with E-state index in [1.54, 1.807) is 38.1 Å². The molecule has 118 valence electrons. The Morgan fingerprint density at radius 3 is 2.14 bits per heavy atom. The van der Waals surface area contributed by atoms with Crippen LogP contribution in [0.3, 0.4) is 0 Å². The molecule has 0 radical (unpaired) electrons. The molecule has 1 N–H and O–H groups in total. The van der Waals surface area contributed by atoms with E-state index in [2.05, 4.69) is 0 Å². The van der Waals surface area contributed by atoms with Crippen LogP contribution in [0.15, 0.2) is 24.3 Å². The summed E-state index contributed by atoms with van der Waals surface area (Å²) < 4.78 is 23.6. The van der Waals surface area contributed by atoms with Crippen molar-refractivity contribution in [3.8, 4) is 0 Å². The minimum absolute atomic E-state index is 0.139. The molecule has 0 bridgehead atoms. The molecule has 0 saturated heterocycles. The normalized spacial score (nSPS) is 13.4. The number of carboxylic acids is 1. The Morgan fingerprint density at radius 2 is 1.71 bits per heavy atom.